The van der Waals surface area contributed by atoms with Crippen molar-refractivity contribution in [1.29, 1.82) is 0 Å². The lowest BCUT2D eigenvalue weighted by Crippen LogP contribution is -2.03. The molecule has 0 radical (unpaired) electrons. The first-order valence-corrected chi connectivity index (χ1v) is 6.04. The van der Waals surface area contributed by atoms with Gasteiger partial charge >= 0.3 is 5.97 Å². The molecule has 0 spiro atoms. The summed E-state index contributed by atoms with van der Waals surface area (Å²) in [6.45, 7) is 0. The molecule has 0 fully saturated rings. The van der Waals surface area contributed by atoms with Gasteiger partial charge in [0.05, 0.1) is 16.2 Å². The van der Waals surface area contributed by atoms with E-state index in [1.165, 1.54) is 12.1 Å². The number of carbonyl (C=O) groups is 1. The molecule has 6 nitrogen and oxygen atoms in total. The van der Waals surface area contributed by atoms with E-state index in [1.54, 1.807) is 30.5 Å². The molecule has 0 saturated carbocycles. The molecule has 1 aliphatic rings. The Hall–Kier alpha value is -2.76. The van der Waals surface area contributed by atoms with Crippen molar-refractivity contribution in [1.82, 2.24) is 4.98 Å². The number of rotatable bonds is 3. The largest absolute Gasteiger partial charge is 0.452 e. The first-order chi connectivity index (χ1) is 9.65. The number of pyridine rings is 1. The molecular weight excluding hydrogens is 260 g/mol. The minimum absolute atomic E-state index is 0.0377. The highest BCUT2D eigenvalue weighted by Crippen LogP contribution is 2.31. The topological polar surface area (TPSA) is 82.3 Å². The van der Waals surface area contributed by atoms with Crippen molar-refractivity contribution in [2.24, 2.45) is 0 Å². The second kappa shape index (κ2) is 4.73. The van der Waals surface area contributed by atoms with E-state index in [9.17, 15) is 14.9 Å². The van der Waals surface area contributed by atoms with Crippen LogP contribution >= 0.6 is 0 Å². The molecule has 20 heavy (non-hydrogen) atoms. The van der Waals surface area contributed by atoms with Gasteiger partial charge in [-0.25, -0.2) is 4.79 Å². The molecule has 1 atom stereocenters. The number of cyclic esters (lactones) is 1. The molecule has 3 rings (SSSR count). The molecule has 0 amide bonds. The van der Waals surface area contributed by atoms with Gasteiger partial charge in [0.1, 0.15) is 6.10 Å². The summed E-state index contributed by atoms with van der Waals surface area (Å²) in [6.07, 6.45) is 1.64. The summed E-state index contributed by atoms with van der Waals surface area (Å²) in [6, 6.07) is 9.56. The van der Waals surface area contributed by atoms with Gasteiger partial charge < -0.3 is 4.74 Å². The number of hydrogen-bond donors (Lipinski definition) is 0. The van der Waals surface area contributed by atoms with E-state index in [4.69, 9.17) is 4.74 Å². The molecule has 0 saturated heterocycles. The third kappa shape index (κ3) is 2.11. The molecule has 0 aliphatic carbocycles. The van der Waals surface area contributed by atoms with Gasteiger partial charge in [-0.3, -0.25) is 15.1 Å². The number of hydrogen-bond acceptors (Lipinski definition) is 5. The maximum absolute atomic E-state index is 11.7. The fraction of sp³-hybridized carbons (Fsp3) is 0.143. The average molecular weight is 270 g/mol. The summed E-state index contributed by atoms with van der Waals surface area (Å²) >= 11 is 0. The third-order valence-corrected chi connectivity index (χ3v) is 3.18. The number of aromatic nitrogens is 1. The molecule has 1 aromatic carbocycles. The number of non-ortho nitro benzene ring substituents is 1. The number of esters is 1. The SMILES string of the molecule is O=C1OC(Cc2ccc([N+](=O)[O-])cc2)c2ncccc21. The van der Waals surface area contributed by atoms with Gasteiger partial charge in [-0.15, -0.1) is 0 Å². The van der Waals surface area contributed by atoms with Crippen LogP contribution in [0.2, 0.25) is 0 Å². The number of nitro benzene ring substituents is 1. The van der Waals surface area contributed by atoms with E-state index < -0.39 is 11.0 Å². The first-order valence-electron chi connectivity index (χ1n) is 6.04. The lowest BCUT2D eigenvalue weighted by Gasteiger charge is -2.09. The molecule has 0 N–H and O–H groups in total. The van der Waals surface area contributed by atoms with Gasteiger partial charge in [-0.1, -0.05) is 12.1 Å². The second-order valence-electron chi connectivity index (χ2n) is 4.46. The van der Waals surface area contributed by atoms with E-state index in [1.807, 2.05) is 0 Å². The van der Waals surface area contributed by atoms with E-state index in [0.717, 1.165) is 5.56 Å². The van der Waals surface area contributed by atoms with Crippen LogP contribution in [0.15, 0.2) is 42.6 Å². The zero-order chi connectivity index (χ0) is 14.1. The summed E-state index contributed by atoms with van der Waals surface area (Å²) in [5.41, 5.74) is 2.00. The average Bonchev–Trinajstić information content (AvgIpc) is 2.77. The van der Waals surface area contributed by atoms with Crippen LogP contribution in [0.1, 0.15) is 27.7 Å². The standard InChI is InChI=1S/C14H10N2O4/c17-14-11-2-1-7-15-13(11)12(20-14)8-9-3-5-10(6-4-9)16(18)19/h1-7,12H,8H2. The Morgan fingerprint density at radius 2 is 2.00 bits per heavy atom. The number of benzene rings is 1. The number of ether oxygens (including phenoxy) is 1. The summed E-state index contributed by atoms with van der Waals surface area (Å²) in [5.74, 6) is -0.375. The lowest BCUT2D eigenvalue weighted by atomic mass is 10.0. The van der Waals surface area contributed by atoms with Crippen molar-refractivity contribution in [3.63, 3.8) is 0 Å². The quantitative estimate of drug-likeness (QED) is 0.486. The fourth-order valence-corrected chi connectivity index (χ4v) is 2.20. The third-order valence-electron chi connectivity index (χ3n) is 3.18. The van der Waals surface area contributed by atoms with Gasteiger partial charge in [0.25, 0.3) is 5.69 Å². The highest BCUT2D eigenvalue weighted by atomic mass is 16.6. The van der Waals surface area contributed by atoms with E-state index in [2.05, 4.69) is 4.98 Å². The number of fused-ring (bicyclic) bond motifs is 1. The Morgan fingerprint density at radius 3 is 2.70 bits per heavy atom. The molecular formula is C14H10N2O4. The molecule has 2 heterocycles. The predicted octanol–water partition coefficient (Wildman–Crippen LogP) is 2.44. The molecule has 1 unspecified atom stereocenters. The van der Waals surface area contributed by atoms with Crippen LogP contribution in [0.4, 0.5) is 5.69 Å². The van der Waals surface area contributed by atoms with E-state index in [0.29, 0.717) is 17.7 Å². The van der Waals surface area contributed by atoms with Crippen LogP contribution in [-0.4, -0.2) is 15.9 Å². The van der Waals surface area contributed by atoms with Crippen LogP contribution < -0.4 is 0 Å². The van der Waals surface area contributed by atoms with E-state index in [-0.39, 0.29) is 11.7 Å². The Bertz CT molecular complexity index is 682. The Morgan fingerprint density at radius 1 is 1.25 bits per heavy atom. The van der Waals surface area contributed by atoms with Crippen molar-refractivity contribution in [3.8, 4) is 0 Å². The maximum Gasteiger partial charge on any atom is 0.340 e. The van der Waals surface area contributed by atoms with Gasteiger partial charge in [0, 0.05) is 24.8 Å². The van der Waals surface area contributed by atoms with Crippen molar-refractivity contribution < 1.29 is 14.5 Å². The lowest BCUT2D eigenvalue weighted by molar-refractivity contribution is -0.384. The number of carbonyl (C=O) groups excluding carboxylic acids is 1. The normalized spacial score (nSPS) is 16.6. The minimum atomic E-state index is -0.448. The highest BCUT2D eigenvalue weighted by Gasteiger charge is 2.32. The zero-order valence-electron chi connectivity index (χ0n) is 10.4. The van der Waals surface area contributed by atoms with Crippen LogP contribution in [0.3, 0.4) is 0 Å². The van der Waals surface area contributed by atoms with Crippen molar-refractivity contribution >= 4 is 11.7 Å². The summed E-state index contributed by atoms with van der Waals surface area (Å²) < 4.78 is 5.28. The zero-order valence-corrected chi connectivity index (χ0v) is 10.4. The van der Waals surface area contributed by atoms with Crippen LogP contribution in [-0.2, 0) is 11.2 Å². The Labute approximate surface area is 114 Å². The molecule has 1 aliphatic heterocycles. The molecule has 6 heteroatoms. The molecule has 1 aromatic heterocycles. The van der Waals surface area contributed by atoms with E-state index >= 15 is 0 Å². The van der Waals surface area contributed by atoms with Crippen LogP contribution in [0.5, 0.6) is 0 Å². The highest BCUT2D eigenvalue weighted by molar-refractivity contribution is 5.93. The summed E-state index contributed by atoms with van der Waals surface area (Å²) in [7, 11) is 0. The number of nitro groups is 1. The smallest absolute Gasteiger partial charge is 0.340 e. The van der Waals surface area contributed by atoms with Crippen molar-refractivity contribution in [2.75, 3.05) is 0 Å². The van der Waals surface area contributed by atoms with Gasteiger partial charge in [-0.2, -0.15) is 0 Å². The van der Waals surface area contributed by atoms with Crippen molar-refractivity contribution in [3.05, 3.63) is 69.5 Å². The van der Waals surface area contributed by atoms with Crippen LogP contribution in [0.25, 0.3) is 0 Å². The monoisotopic (exact) mass is 270 g/mol. The maximum atomic E-state index is 11.7. The Balaban J connectivity index is 1.82. The molecule has 0 bridgehead atoms. The Kier molecular flexibility index (Phi) is 2.90. The second-order valence-corrected chi connectivity index (χ2v) is 4.46. The minimum Gasteiger partial charge on any atom is -0.452 e. The first kappa shape index (κ1) is 12.3. The van der Waals surface area contributed by atoms with Gasteiger partial charge in [0.2, 0.25) is 0 Å². The van der Waals surface area contributed by atoms with Gasteiger partial charge in [-0.05, 0) is 17.7 Å². The summed E-state index contributed by atoms with van der Waals surface area (Å²) in [4.78, 5) is 26.0. The van der Waals surface area contributed by atoms with Crippen molar-refractivity contribution in [2.45, 2.75) is 12.5 Å². The molecule has 100 valence electrons. The van der Waals surface area contributed by atoms with Crippen LogP contribution in [0, 0.1) is 10.1 Å². The van der Waals surface area contributed by atoms with Gasteiger partial charge in [0.15, 0.2) is 0 Å². The fourth-order valence-electron chi connectivity index (χ4n) is 2.20. The predicted molar refractivity (Wildman–Crippen MR) is 69.2 cm³/mol. The number of nitrogens with zero attached hydrogens (tertiary/aromatic N) is 2. The summed E-state index contributed by atoms with van der Waals surface area (Å²) in [5, 5.41) is 10.6. The molecule has 2 aromatic rings.